The van der Waals surface area contributed by atoms with E-state index in [9.17, 15) is 4.79 Å². The van der Waals surface area contributed by atoms with Crippen LogP contribution in [-0.4, -0.2) is 23.5 Å². The smallest absolute Gasteiger partial charge is 0.322 e. The Bertz CT molecular complexity index is 488. The van der Waals surface area contributed by atoms with Crippen molar-refractivity contribution in [3.63, 3.8) is 0 Å². The Labute approximate surface area is 120 Å². The van der Waals surface area contributed by atoms with Gasteiger partial charge in [-0.2, -0.15) is 0 Å². The van der Waals surface area contributed by atoms with E-state index in [1.165, 1.54) is 25.7 Å². The number of carbonyl (C=O) groups is 1. The summed E-state index contributed by atoms with van der Waals surface area (Å²) in [6.45, 7) is 1.39. The van der Waals surface area contributed by atoms with E-state index in [4.69, 9.17) is 5.73 Å². The summed E-state index contributed by atoms with van der Waals surface area (Å²) >= 11 is 0. The fraction of sp³-hybridized carbons (Fsp3) is 0.562. The van der Waals surface area contributed by atoms with Crippen LogP contribution in [0.4, 0.5) is 10.5 Å². The summed E-state index contributed by atoms with van der Waals surface area (Å²) in [5.41, 5.74) is 7.53. The van der Waals surface area contributed by atoms with Gasteiger partial charge in [0.25, 0.3) is 0 Å². The van der Waals surface area contributed by atoms with Gasteiger partial charge in [-0.1, -0.05) is 18.6 Å². The topological polar surface area (TPSA) is 58.4 Å². The summed E-state index contributed by atoms with van der Waals surface area (Å²) in [6.07, 6.45) is 6.15. The summed E-state index contributed by atoms with van der Waals surface area (Å²) < 4.78 is 0. The number of benzene rings is 1. The number of nitrogens with one attached hydrogen (secondary N) is 1. The number of nitrogens with zero attached hydrogens (tertiary/aromatic N) is 1. The lowest BCUT2D eigenvalue weighted by Crippen LogP contribution is -2.48. The molecule has 2 atom stereocenters. The molecule has 1 saturated heterocycles. The van der Waals surface area contributed by atoms with Crippen LogP contribution in [0.3, 0.4) is 0 Å². The van der Waals surface area contributed by atoms with Crippen LogP contribution >= 0.6 is 0 Å². The number of anilines is 1. The molecule has 108 valence electrons. The first-order chi connectivity index (χ1) is 9.78. The van der Waals surface area contributed by atoms with Crippen molar-refractivity contribution in [2.75, 3.05) is 11.9 Å². The highest BCUT2D eigenvalue weighted by atomic mass is 16.2. The van der Waals surface area contributed by atoms with Crippen LogP contribution in [0.1, 0.15) is 37.7 Å². The highest BCUT2D eigenvalue weighted by Crippen LogP contribution is 2.36. The monoisotopic (exact) mass is 273 g/mol. The first-order valence-electron chi connectivity index (χ1n) is 7.64. The summed E-state index contributed by atoms with van der Waals surface area (Å²) in [5.74, 6) is 0.727. The largest absolute Gasteiger partial charge is 0.326 e. The zero-order valence-electron chi connectivity index (χ0n) is 11.8. The zero-order chi connectivity index (χ0) is 13.9. The lowest BCUT2D eigenvalue weighted by atomic mass is 9.92. The van der Waals surface area contributed by atoms with Crippen LogP contribution < -0.4 is 11.1 Å². The molecule has 1 heterocycles. The van der Waals surface area contributed by atoms with Gasteiger partial charge in [-0.15, -0.1) is 0 Å². The third-order valence-electron chi connectivity index (χ3n) is 4.67. The van der Waals surface area contributed by atoms with E-state index in [2.05, 4.69) is 10.2 Å². The molecule has 1 aromatic carbocycles. The third kappa shape index (κ3) is 2.66. The van der Waals surface area contributed by atoms with Crippen molar-refractivity contribution in [2.24, 2.45) is 11.7 Å². The van der Waals surface area contributed by atoms with Crippen molar-refractivity contribution in [1.29, 1.82) is 0 Å². The Morgan fingerprint density at radius 3 is 3.00 bits per heavy atom. The molecule has 2 unspecified atom stereocenters. The van der Waals surface area contributed by atoms with Crippen LogP contribution in [0, 0.1) is 5.92 Å². The van der Waals surface area contributed by atoms with Crippen molar-refractivity contribution >= 4 is 11.7 Å². The molecule has 0 bridgehead atoms. The minimum absolute atomic E-state index is 0.0516. The molecule has 3 N–H and O–H groups in total. The number of urea groups is 1. The average molecular weight is 273 g/mol. The number of nitrogens with two attached hydrogens (primary N) is 1. The lowest BCUT2D eigenvalue weighted by molar-refractivity contribution is 0.138. The number of hydrogen-bond acceptors (Lipinski definition) is 2. The molecule has 4 heteroatoms. The van der Waals surface area contributed by atoms with E-state index >= 15 is 0 Å². The molecule has 0 aromatic heterocycles. The third-order valence-corrected chi connectivity index (χ3v) is 4.67. The van der Waals surface area contributed by atoms with E-state index in [1.54, 1.807) is 0 Å². The van der Waals surface area contributed by atoms with E-state index in [0.717, 1.165) is 30.1 Å². The Kier molecular flexibility index (Phi) is 3.92. The van der Waals surface area contributed by atoms with E-state index < -0.39 is 0 Å². The molecule has 1 aliphatic carbocycles. The predicted octanol–water partition coefficient (Wildman–Crippen LogP) is 2.94. The molecule has 1 aliphatic heterocycles. The van der Waals surface area contributed by atoms with Crippen LogP contribution in [0.15, 0.2) is 24.3 Å². The Morgan fingerprint density at radius 1 is 1.30 bits per heavy atom. The van der Waals surface area contributed by atoms with Gasteiger partial charge >= 0.3 is 6.03 Å². The number of fused-ring (bicyclic) bond motifs is 1. The van der Waals surface area contributed by atoms with Gasteiger partial charge < -0.3 is 16.0 Å². The number of amides is 2. The Balaban J connectivity index is 1.68. The molecule has 0 spiro atoms. The zero-order valence-corrected chi connectivity index (χ0v) is 11.8. The molecule has 2 fully saturated rings. The number of piperidine rings is 1. The van der Waals surface area contributed by atoms with Crippen LogP contribution in [0.5, 0.6) is 0 Å². The number of rotatable bonds is 2. The van der Waals surface area contributed by atoms with Crippen molar-refractivity contribution in [3.05, 3.63) is 29.8 Å². The molecule has 2 aliphatic rings. The highest BCUT2D eigenvalue weighted by Gasteiger charge is 2.37. The predicted molar refractivity (Wildman–Crippen MR) is 80.4 cm³/mol. The maximum absolute atomic E-state index is 12.5. The van der Waals surface area contributed by atoms with Gasteiger partial charge in [-0.25, -0.2) is 4.79 Å². The second-order valence-corrected chi connectivity index (χ2v) is 5.93. The summed E-state index contributed by atoms with van der Waals surface area (Å²) in [5, 5.41) is 3.03. The van der Waals surface area contributed by atoms with Gasteiger partial charge in [0.05, 0.1) is 0 Å². The van der Waals surface area contributed by atoms with Crippen LogP contribution in [0.25, 0.3) is 0 Å². The molecule has 1 saturated carbocycles. The second-order valence-electron chi connectivity index (χ2n) is 5.93. The van der Waals surface area contributed by atoms with Gasteiger partial charge in [-0.05, 0) is 49.3 Å². The fourth-order valence-electron chi connectivity index (χ4n) is 3.68. The molecular formula is C16H23N3O. The first-order valence-corrected chi connectivity index (χ1v) is 7.64. The van der Waals surface area contributed by atoms with Gasteiger partial charge in [0.15, 0.2) is 0 Å². The molecule has 3 rings (SSSR count). The quantitative estimate of drug-likeness (QED) is 0.870. The molecular weight excluding hydrogens is 250 g/mol. The average Bonchev–Trinajstić information content (AvgIpc) is 2.95. The van der Waals surface area contributed by atoms with Crippen molar-refractivity contribution < 1.29 is 4.79 Å². The van der Waals surface area contributed by atoms with E-state index in [0.29, 0.717) is 12.6 Å². The number of carbonyl (C=O) groups excluding carboxylic acids is 1. The summed E-state index contributed by atoms with van der Waals surface area (Å²) in [7, 11) is 0. The molecule has 1 aromatic rings. The highest BCUT2D eigenvalue weighted by molar-refractivity contribution is 5.89. The first kappa shape index (κ1) is 13.4. The fourth-order valence-corrected chi connectivity index (χ4v) is 3.68. The molecule has 0 radical (unpaired) electrons. The SMILES string of the molecule is NCc1cccc(NC(=O)N2CCCC3CCCC32)c1. The van der Waals surface area contributed by atoms with E-state index in [1.807, 2.05) is 24.3 Å². The van der Waals surface area contributed by atoms with Crippen molar-refractivity contribution in [1.82, 2.24) is 4.90 Å². The molecule has 2 amide bonds. The molecule has 4 nitrogen and oxygen atoms in total. The van der Waals surface area contributed by atoms with E-state index in [-0.39, 0.29) is 6.03 Å². The number of hydrogen-bond donors (Lipinski definition) is 2. The maximum atomic E-state index is 12.5. The van der Waals surface area contributed by atoms with Crippen LogP contribution in [0.2, 0.25) is 0 Å². The Hall–Kier alpha value is -1.55. The van der Waals surface area contributed by atoms with Crippen molar-refractivity contribution in [3.8, 4) is 0 Å². The normalized spacial score (nSPS) is 25.4. The standard InChI is InChI=1S/C16H23N3O/c17-11-12-4-1-7-14(10-12)18-16(20)19-9-3-6-13-5-2-8-15(13)19/h1,4,7,10,13,15H,2-3,5-6,8-9,11,17H2,(H,18,20). The Morgan fingerprint density at radius 2 is 2.15 bits per heavy atom. The minimum Gasteiger partial charge on any atom is -0.326 e. The van der Waals surface area contributed by atoms with Crippen molar-refractivity contribution in [2.45, 2.75) is 44.7 Å². The summed E-state index contributed by atoms with van der Waals surface area (Å²) in [4.78, 5) is 14.5. The van der Waals surface area contributed by atoms with Gasteiger partial charge in [0.2, 0.25) is 0 Å². The second kappa shape index (κ2) is 5.83. The molecule has 20 heavy (non-hydrogen) atoms. The minimum atomic E-state index is 0.0516. The van der Waals surface area contributed by atoms with Gasteiger partial charge in [0.1, 0.15) is 0 Å². The van der Waals surface area contributed by atoms with Gasteiger partial charge in [0, 0.05) is 24.8 Å². The lowest BCUT2D eigenvalue weighted by Gasteiger charge is -2.37. The summed E-state index contributed by atoms with van der Waals surface area (Å²) in [6, 6.07) is 8.30. The number of likely N-dealkylation sites (tertiary alicyclic amines) is 1. The van der Waals surface area contributed by atoms with Gasteiger partial charge in [-0.3, -0.25) is 0 Å². The van der Waals surface area contributed by atoms with Crippen LogP contribution in [-0.2, 0) is 6.54 Å². The maximum Gasteiger partial charge on any atom is 0.322 e.